The Morgan fingerprint density at radius 1 is 1.26 bits per heavy atom. The minimum atomic E-state index is -1.25. The average Bonchev–Trinajstić information content (AvgIpc) is 2.41. The first-order valence-corrected chi connectivity index (χ1v) is 11.5. The molecule has 0 radical (unpaired) electrons. The molecule has 0 bridgehead atoms. The lowest BCUT2D eigenvalue weighted by atomic mass is 10.0. The van der Waals surface area contributed by atoms with Crippen LogP contribution in [0.25, 0.3) is 0 Å². The number of carbonyl (C=O) groups excluding carboxylic acids is 2. The van der Waals surface area contributed by atoms with Crippen molar-refractivity contribution in [2.75, 3.05) is 6.61 Å². The summed E-state index contributed by atoms with van der Waals surface area (Å²) in [4.78, 5) is 23.6. The molecular formula is C18H26O4Si. The fourth-order valence-corrected chi connectivity index (χ4v) is 2.81. The monoisotopic (exact) mass is 334 g/mol. The van der Waals surface area contributed by atoms with Crippen LogP contribution in [-0.4, -0.2) is 26.6 Å². The van der Waals surface area contributed by atoms with Crippen LogP contribution in [0.15, 0.2) is 24.8 Å². The van der Waals surface area contributed by atoms with Gasteiger partial charge in [0, 0.05) is 20.6 Å². The molecule has 1 aromatic carbocycles. The summed E-state index contributed by atoms with van der Waals surface area (Å²) >= 11 is 0. The zero-order chi connectivity index (χ0) is 17.6. The zero-order valence-electron chi connectivity index (χ0n) is 14.7. The minimum absolute atomic E-state index is 0.376. The van der Waals surface area contributed by atoms with Crippen molar-refractivity contribution in [3.8, 4) is 5.75 Å². The quantitative estimate of drug-likeness (QED) is 0.325. The third kappa shape index (κ3) is 6.02. The summed E-state index contributed by atoms with van der Waals surface area (Å²) in [6, 6.07) is 4.42. The Kier molecular flexibility index (Phi) is 6.75. The molecule has 0 amide bonds. The lowest BCUT2D eigenvalue weighted by molar-refractivity contribution is -0.132. The molecule has 0 aliphatic heterocycles. The molecule has 0 aliphatic carbocycles. The van der Waals surface area contributed by atoms with Crippen molar-refractivity contribution in [3.63, 3.8) is 0 Å². The van der Waals surface area contributed by atoms with Crippen molar-refractivity contribution in [1.82, 2.24) is 0 Å². The normalized spacial score (nSPS) is 11.0. The highest BCUT2D eigenvalue weighted by atomic mass is 28.3. The number of esters is 2. The Morgan fingerprint density at radius 3 is 2.43 bits per heavy atom. The highest BCUT2D eigenvalue weighted by molar-refractivity contribution is 6.76. The second-order valence-electron chi connectivity index (χ2n) is 6.76. The number of hydrogen-bond donors (Lipinski definition) is 0. The second kappa shape index (κ2) is 8.11. The van der Waals surface area contributed by atoms with E-state index in [-0.39, 0.29) is 5.97 Å². The van der Waals surface area contributed by atoms with Crippen LogP contribution in [0.5, 0.6) is 5.75 Å². The van der Waals surface area contributed by atoms with Crippen molar-refractivity contribution >= 4 is 20.0 Å². The van der Waals surface area contributed by atoms with Gasteiger partial charge in [0.1, 0.15) is 5.75 Å². The topological polar surface area (TPSA) is 52.6 Å². The molecule has 0 aliphatic rings. The Morgan fingerprint density at radius 2 is 1.91 bits per heavy atom. The van der Waals surface area contributed by atoms with Crippen molar-refractivity contribution in [1.29, 1.82) is 0 Å². The van der Waals surface area contributed by atoms with E-state index in [2.05, 4.69) is 26.2 Å². The van der Waals surface area contributed by atoms with Gasteiger partial charge in [-0.1, -0.05) is 31.8 Å². The van der Waals surface area contributed by atoms with E-state index in [1.807, 2.05) is 0 Å². The van der Waals surface area contributed by atoms with Gasteiger partial charge >= 0.3 is 11.9 Å². The summed E-state index contributed by atoms with van der Waals surface area (Å²) in [5.74, 6) is -0.362. The molecule has 0 saturated carbocycles. The molecule has 0 atom stereocenters. The minimum Gasteiger partial charge on any atom is -0.462 e. The SMILES string of the molecule is C=CCc1ccc(C(=O)OCC[Si](C)(C)C)c(C)c1OC(C)=O. The van der Waals surface area contributed by atoms with E-state index in [0.717, 1.165) is 11.6 Å². The predicted molar refractivity (Wildman–Crippen MR) is 94.8 cm³/mol. The lowest BCUT2D eigenvalue weighted by Crippen LogP contribution is -2.23. The summed E-state index contributed by atoms with van der Waals surface area (Å²) in [5, 5.41) is 0. The summed E-state index contributed by atoms with van der Waals surface area (Å²) in [6.07, 6.45) is 2.29. The van der Waals surface area contributed by atoms with Crippen molar-refractivity contribution in [2.24, 2.45) is 0 Å². The maximum Gasteiger partial charge on any atom is 0.338 e. The Hall–Kier alpha value is -1.88. The summed E-state index contributed by atoms with van der Waals surface area (Å²) < 4.78 is 10.7. The first-order valence-electron chi connectivity index (χ1n) is 7.74. The van der Waals surface area contributed by atoms with Crippen LogP contribution < -0.4 is 4.74 Å². The number of benzene rings is 1. The largest absolute Gasteiger partial charge is 0.462 e. The maximum atomic E-state index is 12.3. The number of carbonyl (C=O) groups is 2. The van der Waals surface area contributed by atoms with E-state index in [0.29, 0.717) is 29.9 Å². The molecule has 0 fully saturated rings. The fourth-order valence-electron chi connectivity index (χ4n) is 2.10. The van der Waals surface area contributed by atoms with Crippen LogP contribution in [0.3, 0.4) is 0 Å². The molecule has 4 nitrogen and oxygen atoms in total. The molecule has 0 N–H and O–H groups in total. The second-order valence-corrected chi connectivity index (χ2v) is 12.4. The van der Waals surface area contributed by atoms with Crippen LogP contribution >= 0.6 is 0 Å². The molecule has 0 aromatic heterocycles. The predicted octanol–water partition coefficient (Wildman–Crippen LogP) is 4.14. The van der Waals surface area contributed by atoms with Gasteiger partial charge in [-0.25, -0.2) is 4.79 Å². The standard InChI is InChI=1S/C18H26O4Si/c1-7-8-15-9-10-16(13(2)17(15)22-14(3)19)18(20)21-11-12-23(4,5)6/h7,9-10H,1,8,11-12H2,2-6H3. The van der Waals surface area contributed by atoms with Crippen molar-refractivity contribution < 1.29 is 19.1 Å². The molecule has 126 valence electrons. The number of hydrogen-bond acceptors (Lipinski definition) is 4. The molecular weight excluding hydrogens is 308 g/mol. The molecule has 0 spiro atoms. The highest BCUT2D eigenvalue weighted by Crippen LogP contribution is 2.28. The third-order valence-electron chi connectivity index (χ3n) is 3.40. The van der Waals surface area contributed by atoms with Gasteiger partial charge in [-0.3, -0.25) is 4.79 Å². The van der Waals surface area contributed by atoms with Gasteiger partial charge in [-0.2, -0.15) is 0 Å². The number of ether oxygens (including phenoxy) is 2. The maximum absolute atomic E-state index is 12.3. The van der Waals surface area contributed by atoms with Gasteiger partial charge in [0.15, 0.2) is 0 Å². The van der Waals surface area contributed by atoms with Gasteiger partial charge < -0.3 is 9.47 Å². The van der Waals surface area contributed by atoms with Gasteiger partial charge in [0.25, 0.3) is 0 Å². The summed E-state index contributed by atoms with van der Waals surface area (Å²) in [5.41, 5.74) is 1.88. The Balaban J connectivity index is 3.00. The Bertz CT molecular complexity index is 600. The van der Waals surface area contributed by atoms with Crippen LogP contribution in [0, 0.1) is 6.92 Å². The van der Waals surface area contributed by atoms with Gasteiger partial charge in [0.05, 0.1) is 12.2 Å². The van der Waals surface area contributed by atoms with Crippen LogP contribution in [0.1, 0.15) is 28.4 Å². The first-order chi connectivity index (χ1) is 10.7. The van der Waals surface area contributed by atoms with E-state index in [9.17, 15) is 9.59 Å². The van der Waals surface area contributed by atoms with Gasteiger partial charge in [0.2, 0.25) is 0 Å². The zero-order valence-corrected chi connectivity index (χ0v) is 15.7. The number of allylic oxidation sites excluding steroid dienone is 1. The molecule has 23 heavy (non-hydrogen) atoms. The number of rotatable bonds is 7. The van der Waals surface area contributed by atoms with Crippen LogP contribution in [0.4, 0.5) is 0 Å². The molecule has 0 unspecified atom stereocenters. The smallest absolute Gasteiger partial charge is 0.338 e. The van der Waals surface area contributed by atoms with Crippen molar-refractivity contribution in [2.45, 2.75) is 46.0 Å². The highest BCUT2D eigenvalue weighted by Gasteiger charge is 2.19. The van der Waals surface area contributed by atoms with E-state index >= 15 is 0 Å². The van der Waals surface area contributed by atoms with E-state index < -0.39 is 14.0 Å². The molecule has 5 heteroatoms. The third-order valence-corrected chi connectivity index (χ3v) is 5.11. The average molecular weight is 334 g/mol. The van der Waals surface area contributed by atoms with E-state index in [1.165, 1.54) is 6.92 Å². The Labute approximate surface area is 139 Å². The van der Waals surface area contributed by atoms with Gasteiger partial charge in [-0.05, 0) is 31.0 Å². The summed E-state index contributed by atoms with van der Waals surface area (Å²) in [7, 11) is -1.25. The molecule has 1 aromatic rings. The van der Waals surface area contributed by atoms with E-state index in [1.54, 1.807) is 25.1 Å². The van der Waals surface area contributed by atoms with Crippen LogP contribution in [-0.2, 0) is 16.0 Å². The molecule has 1 rings (SSSR count). The molecule has 0 heterocycles. The van der Waals surface area contributed by atoms with Gasteiger partial charge in [-0.15, -0.1) is 6.58 Å². The fraction of sp³-hybridized carbons (Fsp3) is 0.444. The first kappa shape index (κ1) is 19.2. The summed E-state index contributed by atoms with van der Waals surface area (Å²) in [6.45, 7) is 13.9. The lowest BCUT2D eigenvalue weighted by Gasteiger charge is -2.17. The van der Waals surface area contributed by atoms with Crippen LogP contribution in [0.2, 0.25) is 25.7 Å². The van der Waals surface area contributed by atoms with Crippen molar-refractivity contribution in [3.05, 3.63) is 41.5 Å². The van der Waals surface area contributed by atoms with E-state index in [4.69, 9.17) is 9.47 Å². The molecule has 0 saturated heterocycles.